The fourth-order valence-corrected chi connectivity index (χ4v) is 3.34. The van der Waals surface area contributed by atoms with Gasteiger partial charge in [-0.05, 0) is 59.7 Å². The van der Waals surface area contributed by atoms with Crippen molar-refractivity contribution in [1.82, 2.24) is 5.32 Å². The van der Waals surface area contributed by atoms with Gasteiger partial charge in [-0.25, -0.2) is 0 Å². The van der Waals surface area contributed by atoms with Crippen LogP contribution in [0.4, 0.5) is 0 Å². The molecule has 0 aromatic heterocycles. The number of benzene rings is 1. The van der Waals surface area contributed by atoms with Crippen molar-refractivity contribution in [3.05, 3.63) is 34.3 Å². The van der Waals surface area contributed by atoms with Crippen LogP contribution in [0.15, 0.2) is 28.7 Å². The molecular formula is C15H19BrN2OS. The second-order valence-electron chi connectivity index (χ2n) is 5.56. The van der Waals surface area contributed by atoms with E-state index in [0.29, 0.717) is 16.5 Å². The normalized spacial score (nSPS) is 26.0. The number of hydrogen-bond donors (Lipinski definition) is 2. The maximum absolute atomic E-state index is 12.5. The van der Waals surface area contributed by atoms with Gasteiger partial charge in [0, 0.05) is 4.47 Å². The Morgan fingerprint density at radius 3 is 2.55 bits per heavy atom. The maximum Gasteiger partial charge on any atom is 0.253 e. The third-order valence-electron chi connectivity index (χ3n) is 4.07. The quantitative estimate of drug-likeness (QED) is 0.817. The monoisotopic (exact) mass is 354 g/mol. The van der Waals surface area contributed by atoms with Crippen LogP contribution >= 0.6 is 28.1 Å². The van der Waals surface area contributed by atoms with E-state index in [0.717, 1.165) is 30.2 Å². The summed E-state index contributed by atoms with van der Waals surface area (Å²) in [6, 6.07) is 7.37. The van der Waals surface area contributed by atoms with Crippen LogP contribution in [0.25, 0.3) is 0 Å². The van der Waals surface area contributed by atoms with Gasteiger partial charge in [0.05, 0.1) is 16.1 Å². The third kappa shape index (κ3) is 3.20. The molecule has 0 bridgehead atoms. The molecular weight excluding hydrogens is 336 g/mol. The summed E-state index contributed by atoms with van der Waals surface area (Å²) in [7, 11) is 0. The van der Waals surface area contributed by atoms with Crippen molar-refractivity contribution in [3.63, 3.8) is 0 Å². The van der Waals surface area contributed by atoms with E-state index in [1.165, 1.54) is 0 Å². The number of halogens is 1. The highest BCUT2D eigenvalue weighted by Gasteiger charge is 2.38. The molecule has 0 spiro atoms. The molecule has 0 saturated heterocycles. The van der Waals surface area contributed by atoms with Crippen LogP contribution in [0.1, 0.15) is 43.0 Å². The molecule has 5 heteroatoms. The lowest BCUT2D eigenvalue weighted by Gasteiger charge is -2.39. The summed E-state index contributed by atoms with van der Waals surface area (Å²) in [5, 5.41) is 3.07. The van der Waals surface area contributed by atoms with E-state index in [4.69, 9.17) is 18.0 Å². The van der Waals surface area contributed by atoms with E-state index in [1.807, 2.05) is 18.2 Å². The van der Waals surface area contributed by atoms with Gasteiger partial charge in [0.15, 0.2) is 0 Å². The van der Waals surface area contributed by atoms with Crippen molar-refractivity contribution < 1.29 is 4.79 Å². The average molecular weight is 355 g/mol. The lowest BCUT2D eigenvalue weighted by atomic mass is 9.77. The number of thiocarbonyl (C=S) groups is 1. The molecule has 3 nitrogen and oxygen atoms in total. The van der Waals surface area contributed by atoms with Crippen LogP contribution in [0, 0.1) is 5.92 Å². The topological polar surface area (TPSA) is 55.1 Å². The minimum atomic E-state index is -0.534. The van der Waals surface area contributed by atoms with Gasteiger partial charge in [-0.15, -0.1) is 0 Å². The fraction of sp³-hybridized carbons (Fsp3) is 0.467. The van der Waals surface area contributed by atoms with Gasteiger partial charge in [0.2, 0.25) is 0 Å². The van der Waals surface area contributed by atoms with Crippen molar-refractivity contribution in [2.45, 2.75) is 38.1 Å². The molecule has 1 amide bonds. The summed E-state index contributed by atoms with van der Waals surface area (Å²) in [5.74, 6) is 0.540. The van der Waals surface area contributed by atoms with Crippen LogP contribution in [-0.4, -0.2) is 16.4 Å². The Kier molecular flexibility index (Phi) is 4.81. The van der Waals surface area contributed by atoms with Gasteiger partial charge in [-0.3, -0.25) is 4.79 Å². The highest BCUT2D eigenvalue weighted by molar-refractivity contribution is 9.10. The molecule has 1 saturated carbocycles. The maximum atomic E-state index is 12.5. The van der Waals surface area contributed by atoms with E-state index in [-0.39, 0.29) is 5.91 Å². The Labute approximate surface area is 133 Å². The first-order valence-corrected chi connectivity index (χ1v) is 8.02. The number of nitrogens with two attached hydrogens (primary N) is 1. The van der Waals surface area contributed by atoms with E-state index >= 15 is 0 Å². The highest BCUT2D eigenvalue weighted by Crippen LogP contribution is 2.32. The third-order valence-corrected chi connectivity index (χ3v) is 5.15. The molecule has 0 unspecified atom stereocenters. The van der Waals surface area contributed by atoms with Crippen LogP contribution < -0.4 is 11.1 Å². The van der Waals surface area contributed by atoms with Crippen molar-refractivity contribution in [1.29, 1.82) is 0 Å². The zero-order valence-electron chi connectivity index (χ0n) is 11.5. The van der Waals surface area contributed by atoms with E-state index < -0.39 is 5.54 Å². The SMILES string of the molecule is CC1CCC(NC(=O)c2ccccc2Br)(C(N)=S)CC1. The molecule has 1 aliphatic rings. The zero-order chi connectivity index (χ0) is 14.8. The van der Waals surface area contributed by atoms with E-state index in [1.54, 1.807) is 6.07 Å². The minimum Gasteiger partial charge on any atom is -0.391 e. The van der Waals surface area contributed by atoms with Gasteiger partial charge >= 0.3 is 0 Å². The van der Waals surface area contributed by atoms with Gasteiger partial charge in [0.25, 0.3) is 5.91 Å². The number of carbonyl (C=O) groups is 1. The van der Waals surface area contributed by atoms with Gasteiger partial charge < -0.3 is 11.1 Å². The van der Waals surface area contributed by atoms with Gasteiger partial charge in [0.1, 0.15) is 0 Å². The van der Waals surface area contributed by atoms with Crippen LogP contribution in [0.5, 0.6) is 0 Å². The Hall–Kier alpha value is -0.940. The number of rotatable bonds is 3. The smallest absolute Gasteiger partial charge is 0.253 e. The lowest BCUT2D eigenvalue weighted by Crippen LogP contribution is -2.58. The Morgan fingerprint density at radius 1 is 1.40 bits per heavy atom. The Morgan fingerprint density at radius 2 is 2.00 bits per heavy atom. The number of nitrogens with one attached hydrogen (secondary N) is 1. The summed E-state index contributed by atoms with van der Waals surface area (Å²) < 4.78 is 0.778. The first kappa shape index (κ1) is 15.4. The molecule has 2 rings (SSSR count). The lowest BCUT2D eigenvalue weighted by molar-refractivity contribution is 0.0900. The summed E-state index contributed by atoms with van der Waals surface area (Å²) in [4.78, 5) is 12.9. The molecule has 1 aliphatic carbocycles. The number of amides is 1. The largest absolute Gasteiger partial charge is 0.391 e. The van der Waals surface area contributed by atoms with Gasteiger partial charge in [-0.1, -0.05) is 31.3 Å². The van der Waals surface area contributed by atoms with Crippen LogP contribution in [-0.2, 0) is 0 Å². The highest BCUT2D eigenvalue weighted by atomic mass is 79.9. The molecule has 3 N–H and O–H groups in total. The summed E-state index contributed by atoms with van der Waals surface area (Å²) in [6.07, 6.45) is 3.71. The molecule has 0 atom stereocenters. The van der Waals surface area contributed by atoms with Crippen LogP contribution in [0.2, 0.25) is 0 Å². The fourth-order valence-electron chi connectivity index (χ4n) is 2.62. The summed E-state index contributed by atoms with van der Waals surface area (Å²) >= 11 is 8.62. The molecule has 1 aromatic rings. The van der Waals surface area contributed by atoms with Crippen molar-refractivity contribution >= 4 is 39.0 Å². The summed E-state index contributed by atoms with van der Waals surface area (Å²) in [6.45, 7) is 2.22. The standard InChI is InChI=1S/C15H19BrN2OS/c1-10-6-8-15(9-7-10,14(17)20)18-13(19)11-4-2-3-5-12(11)16/h2-5,10H,6-9H2,1H3,(H2,17,20)(H,18,19). The molecule has 0 heterocycles. The first-order chi connectivity index (χ1) is 9.44. The molecule has 1 aromatic carbocycles. The van der Waals surface area contributed by atoms with Crippen LogP contribution in [0.3, 0.4) is 0 Å². The molecule has 108 valence electrons. The summed E-state index contributed by atoms with van der Waals surface area (Å²) in [5.41, 5.74) is 6.00. The minimum absolute atomic E-state index is 0.125. The first-order valence-electron chi connectivity index (χ1n) is 6.81. The molecule has 0 radical (unpaired) electrons. The van der Waals surface area contributed by atoms with Crippen molar-refractivity contribution in [2.75, 3.05) is 0 Å². The van der Waals surface area contributed by atoms with Crippen molar-refractivity contribution in [3.8, 4) is 0 Å². The predicted molar refractivity (Wildman–Crippen MR) is 88.8 cm³/mol. The number of hydrogen-bond acceptors (Lipinski definition) is 2. The number of carbonyl (C=O) groups excluding carboxylic acids is 1. The second-order valence-corrected chi connectivity index (χ2v) is 6.86. The zero-order valence-corrected chi connectivity index (χ0v) is 13.9. The van der Waals surface area contributed by atoms with E-state index in [2.05, 4.69) is 28.2 Å². The molecule has 1 fully saturated rings. The van der Waals surface area contributed by atoms with Gasteiger partial charge in [-0.2, -0.15) is 0 Å². The van der Waals surface area contributed by atoms with E-state index in [9.17, 15) is 4.79 Å². The average Bonchev–Trinajstić information content (AvgIpc) is 2.41. The Balaban J connectivity index is 2.19. The Bertz CT molecular complexity index is 524. The molecule has 0 aliphatic heterocycles. The van der Waals surface area contributed by atoms with Crippen molar-refractivity contribution in [2.24, 2.45) is 11.7 Å². The second kappa shape index (κ2) is 6.22. The molecule has 20 heavy (non-hydrogen) atoms. The predicted octanol–water partition coefficient (Wildman–Crippen LogP) is 3.41.